The van der Waals surface area contributed by atoms with Crippen LogP contribution in [0.4, 0.5) is 5.69 Å². The number of carbonyl (C=O) groups excluding carboxylic acids is 1. The number of rotatable bonds is 6. The molecule has 0 saturated carbocycles. The summed E-state index contributed by atoms with van der Waals surface area (Å²) in [5.41, 5.74) is 0.852. The van der Waals surface area contributed by atoms with E-state index in [4.69, 9.17) is 27.9 Å². The first-order valence-corrected chi connectivity index (χ1v) is 8.22. The van der Waals surface area contributed by atoms with E-state index in [9.17, 15) is 4.79 Å². The highest BCUT2D eigenvalue weighted by Crippen LogP contribution is 2.31. The van der Waals surface area contributed by atoms with Crippen molar-refractivity contribution in [3.05, 3.63) is 58.1 Å². The topological polar surface area (TPSA) is 38.3 Å². The molecular formula is C18H19Cl2NO2. The maximum atomic E-state index is 12.5. The highest BCUT2D eigenvalue weighted by molar-refractivity contribution is 6.40. The van der Waals surface area contributed by atoms with Gasteiger partial charge in [0.2, 0.25) is 0 Å². The molecule has 0 spiro atoms. The molecule has 0 radical (unpaired) electrons. The SMILES string of the molecule is CC(C)CCOc1ccccc1C(=O)Nc1c(Cl)cccc1Cl. The third-order valence-electron chi connectivity index (χ3n) is 3.29. The van der Waals surface area contributed by atoms with Crippen LogP contribution in [0.25, 0.3) is 0 Å². The number of benzene rings is 2. The van der Waals surface area contributed by atoms with E-state index >= 15 is 0 Å². The minimum atomic E-state index is -0.305. The van der Waals surface area contributed by atoms with Gasteiger partial charge < -0.3 is 10.1 Å². The van der Waals surface area contributed by atoms with E-state index in [0.717, 1.165) is 6.42 Å². The van der Waals surface area contributed by atoms with Crippen LogP contribution in [-0.4, -0.2) is 12.5 Å². The first-order chi connectivity index (χ1) is 11.0. The van der Waals surface area contributed by atoms with Gasteiger partial charge in [-0.15, -0.1) is 0 Å². The second-order valence-corrected chi connectivity index (χ2v) is 6.39. The third kappa shape index (κ3) is 4.88. The van der Waals surface area contributed by atoms with Crippen molar-refractivity contribution in [1.29, 1.82) is 0 Å². The standard InChI is InChI=1S/C18H19Cl2NO2/c1-12(2)10-11-23-16-9-4-3-6-13(16)18(22)21-17-14(19)7-5-8-15(17)20/h3-9,12H,10-11H2,1-2H3,(H,21,22). The zero-order chi connectivity index (χ0) is 16.8. The average molecular weight is 352 g/mol. The summed E-state index contributed by atoms with van der Waals surface area (Å²) >= 11 is 12.2. The molecule has 0 heterocycles. The first-order valence-electron chi connectivity index (χ1n) is 7.46. The highest BCUT2D eigenvalue weighted by atomic mass is 35.5. The number of halogens is 2. The largest absolute Gasteiger partial charge is 0.493 e. The molecule has 5 heteroatoms. The molecule has 2 rings (SSSR count). The van der Waals surface area contributed by atoms with Crippen molar-refractivity contribution in [2.75, 3.05) is 11.9 Å². The van der Waals surface area contributed by atoms with E-state index in [2.05, 4.69) is 19.2 Å². The molecule has 2 aromatic rings. The molecule has 23 heavy (non-hydrogen) atoms. The Morgan fingerprint density at radius 2 is 1.74 bits per heavy atom. The molecule has 0 aliphatic carbocycles. The second kappa shape index (κ2) is 8.23. The summed E-state index contributed by atoms with van der Waals surface area (Å²) in [6, 6.07) is 12.2. The van der Waals surface area contributed by atoms with Gasteiger partial charge in [-0.2, -0.15) is 0 Å². The van der Waals surface area contributed by atoms with Gasteiger partial charge in [-0.05, 0) is 36.6 Å². The van der Waals surface area contributed by atoms with E-state index in [1.165, 1.54) is 0 Å². The molecule has 3 nitrogen and oxygen atoms in total. The van der Waals surface area contributed by atoms with Crippen LogP contribution >= 0.6 is 23.2 Å². The fourth-order valence-electron chi connectivity index (χ4n) is 1.98. The van der Waals surface area contributed by atoms with Gasteiger partial charge in [-0.1, -0.05) is 55.2 Å². The van der Waals surface area contributed by atoms with Crippen molar-refractivity contribution in [2.45, 2.75) is 20.3 Å². The number of ether oxygens (including phenoxy) is 1. The van der Waals surface area contributed by atoms with Crippen LogP contribution in [0.3, 0.4) is 0 Å². The van der Waals surface area contributed by atoms with E-state index < -0.39 is 0 Å². The summed E-state index contributed by atoms with van der Waals surface area (Å²) in [6.07, 6.45) is 0.923. The van der Waals surface area contributed by atoms with Crippen LogP contribution in [0, 0.1) is 5.92 Å². The Bertz CT molecular complexity index is 666. The van der Waals surface area contributed by atoms with Gasteiger partial charge in [0.1, 0.15) is 5.75 Å². The van der Waals surface area contributed by atoms with E-state index in [1.807, 2.05) is 6.07 Å². The monoisotopic (exact) mass is 351 g/mol. The second-order valence-electron chi connectivity index (χ2n) is 5.58. The fourth-order valence-corrected chi connectivity index (χ4v) is 2.47. The number of hydrogen-bond donors (Lipinski definition) is 1. The molecule has 0 bridgehead atoms. The van der Waals surface area contributed by atoms with Gasteiger partial charge >= 0.3 is 0 Å². The molecular weight excluding hydrogens is 333 g/mol. The van der Waals surface area contributed by atoms with E-state index in [1.54, 1.807) is 36.4 Å². The Hall–Kier alpha value is -1.71. The maximum Gasteiger partial charge on any atom is 0.259 e. The predicted octanol–water partition coefficient (Wildman–Crippen LogP) is 5.67. The van der Waals surface area contributed by atoms with Crippen molar-refractivity contribution >= 4 is 34.8 Å². The molecule has 0 unspecified atom stereocenters. The van der Waals surface area contributed by atoms with Crippen molar-refractivity contribution in [2.24, 2.45) is 5.92 Å². The molecule has 0 atom stereocenters. The van der Waals surface area contributed by atoms with Crippen molar-refractivity contribution in [1.82, 2.24) is 0 Å². The van der Waals surface area contributed by atoms with Gasteiger partial charge in [-0.25, -0.2) is 0 Å². The molecule has 1 N–H and O–H groups in total. The van der Waals surface area contributed by atoms with Gasteiger partial charge in [0, 0.05) is 0 Å². The molecule has 0 aromatic heterocycles. The summed E-state index contributed by atoms with van der Waals surface area (Å²) in [4.78, 5) is 12.5. The van der Waals surface area contributed by atoms with Crippen LogP contribution in [0.5, 0.6) is 5.75 Å². The smallest absolute Gasteiger partial charge is 0.259 e. The van der Waals surface area contributed by atoms with Crippen LogP contribution in [0.15, 0.2) is 42.5 Å². The fraction of sp³-hybridized carbons (Fsp3) is 0.278. The van der Waals surface area contributed by atoms with Gasteiger partial charge in [-0.3, -0.25) is 4.79 Å². The maximum absolute atomic E-state index is 12.5. The highest BCUT2D eigenvalue weighted by Gasteiger charge is 2.15. The predicted molar refractivity (Wildman–Crippen MR) is 95.8 cm³/mol. The number of nitrogens with one attached hydrogen (secondary N) is 1. The Balaban J connectivity index is 2.16. The zero-order valence-corrected chi connectivity index (χ0v) is 14.6. The average Bonchev–Trinajstić information content (AvgIpc) is 2.51. The molecule has 0 aliphatic heterocycles. The van der Waals surface area contributed by atoms with E-state index in [0.29, 0.717) is 39.6 Å². The lowest BCUT2D eigenvalue weighted by atomic mass is 10.1. The number of amides is 1. The van der Waals surface area contributed by atoms with E-state index in [-0.39, 0.29) is 5.91 Å². The van der Waals surface area contributed by atoms with Gasteiger partial charge in [0.05, 0.1) is 27.9 Å². The zero-order valence-electron chi connectivity index (χ0n) is 13.1. The Morgan fingerprint density at radius 3 is 2.39 bits per heavy atom. The van der Waals surface area contributed by atoms with Gasteiger partial charge in [0.15, 0.2) is 0 Å². The molecule has 1 amide bonds. The van der Waals surface area contributed by atoms with Crippen LogP contribution < -0.4 is 10.1 Å². The lowest BCUT2D eigenvalue weighted by molar-refractivity contribution is 0.102. The lowest BCUT2D eigenvalue weighted by Gasteiger charge is -2.13. The molecule has 2 aromatic carbocycles. The van der Waals surface area contributed by atoms with Crippen LogP contribution in [-0.2, 0) is 0 Å². The minimum Gasteiger partial charge on any atom is -0.493 e. The van der Waals surface area contributed by atoms with Gasteiger partial charge in [0.25, 0.3) is 5.91 Å². The Labute approximate surface area is 146 Å². The van der Waals surface area contributed by atoms with Crippen molar-refractivity contribution < 1.29 is 9.53 Å². The molecule has 0 saturated heterocycles. The van der Waals surface area contributed by atoms with Crippen LogP contribution in [0.1, 0.15) is 30.6 Å². The number of hydrogen-bond acceptors (Lipinski definition) is 2. The third-order valence-corrected chi connectivity index (χ3v) is 3.92. The number of carbonyl (C=O) groups is 1. The Kier molecular flexibility index (Phi) is 6.31. The number of para-hydroxylation sites is 2. The molecule has 0 fully saturated rings. The summed E-state index contributed by atoms with van der Waals surface area (Å²) < 4.78 is 5.74. The van der Waals surface area contributed by atoms with Crippen LogP contribution in [0.2, 0.25) is 10.0 Å². The van der Waals surface area contributed by atoms with Crippen molar-refractivity contribution in [3.8, 4) is 5.75 Å². The lowest BCUT2D eigenvalue weighted by Crippen LogP contribution is -2.14. The quantitative estimate of drug-likeness (QED) is 0.727. The summed E-state index contributed by atoms with van der Waals surface area (Å²) in [5.74, 6) is 0.784. The molecule has 0 aliphatic rings. The summed E-state index contributed by atoms with van der Waals surface area (Å²) in [7, 11) is 0. The minimum absolute atomic E-state index is 0.305. The van der Waals surface area contributed by atoms with Crippen molar-refractivity contribution in [3.63, 3.8) is 0 Å². The summed E-state index contributed by atoms with van der Waals surface area (Å²) in [6.45, 7) is 4.82. The normalized spacial score (nSPS) is 10.7. The number of anilines is 1. The molecule has 122 valence electrons. The Morgan fingerprint density at radius 1 is 1.09 bits per heavy atom. The first kappa shape index (κ1) is 17.6. The summed E-state index contributed by atoms with van der Waals surface area (Å²) in [5, 5.41) is 3.54.